The molecule has 4 rings (SSSR count). The topological polar surface area (TPSA) is 60.9 Å². The summed E-state index contributed by atoms with van der Waals surface area (Å²) in [6.45, 7) is 6.12. The van der Waals surface area contributed by atoms with Crippen LogP contribution >= 0.6 is 0 Å². The molecule has 5 heteroatoms. The van der Waals surface area contributed by atoms with E-state index in [9.17, 15) is 14.7 Å². The van der Waals surface area contributed by atoms with Crippen molar-refractivity contribution in [3.8, 4) is 11.1 Å². The van der Waals surface area contributed by atoms with Gasteiger partial charge in [0, 0.05) is 31.7 Å². The fraction of sp³-hybridized carbons (Fsp3) is 0.391. The van der Waals surface area contributed by atoms with Crippen LogP contribution in [0.15, 0.2) is 42.5 Å². The number of nitrogens with zero attached hydrogens (tertiary/aromatic N) is 2. The molecular weight excluding hydrogens is 352 g/mol. The lowest BCUT2D eigenvalue weighted by atomic mass is 9.97. The second kappa shape index (κ2) is 7.06. The van der Waals surface area contributed by atoms with Gasteiger partial charge in [0.15, 0.2) is 0 Å². The number of hydrogen-bond acceptors (Lipinski definition) is 3. The van der Waals surface area contributed by atoms with Crippen LogP contribution in [-0.4, -0.2) is 58.5 Å². The molecule has 146 valence electrons. The minimum Gasteiger partial charge on any atom is -0.380 e. The van der Waals surface area contributed by atoms with Gasteiger partial charge in [-0.25, -0.2) is 0 Å². The van der Waals surface area contributed by atoms with Crippen LogP contribution in [0.3, 0.4) is 0 Å². The Morgan fingerprint density at radius 1 is 0.893 bits per heavy atom. The fourth-order valence-electron chi connectivity index (χ4n) is 3.76. The number of piperazine rings is 1. The van der Waals surface area contributed by atoms with E-state index in [4.69, 9.17) is 0 Å². The quantitative estimate of drug-likeness (QED) is 0.893. The SMILES string of the molecule is Cc1ccc(C)c(-c2ccc(C(=O)N3CCN(C(=O)C4(O)CC4)CC3)cc2)c1. The first-order chi connectivity index (χ1) is 13.4. The van der Waals surface area contributed by atoms with Crippen molar-refractivity contribution in [1.29, 1.82) is 0 Å². The highest BCUT2D eigenvalue weighted by Gasteiger charge is 2.50. The second-order valence-corrected chi connectivity index (χ2v) is 8.01. The number of carbonyl (C=O) groups is 2. The Labute approximate surface area is 165 Å². The van der Waals surface area contributed by atoms with Crippen LogP contribution < -0.4 is 0 Å². The molecule has 2 aromatic carbocycles. The molecule has 2 aliphatic rings. The molecule has 1 aliphatic carbocycles. The Hall–Kier alpha value is -2.66. The third kappa shape index (κ3) is 3.54. The van der Waals surface area contributed by atoms with Gasteiger partial charge in [-0.1, -0.05) is 35.9 Å². The van der Waals surface area contributed by atoms with E-state index in [0.29, 0.717) is 44.6 Å². The third-order valence-corrected chi connectivity index (χ3v) is 5.81. The van der Waals surface area contributed by atoms with E-state index in [1.54, 1.807) is 9.80 Å². The van der Waals surface area contributed by atoms with E-state index in [0.717, 1.165) is 5.56 Å². The molecule has 0 spiro atoms. The standard InChI is InChI=1S/C23H26N2O3/c1-16-3-4-17(2)20(15-16)18-5-7-19(8-6-18)21(26)24-11-13-25(14-12-24)22(27)23(28)9-10-23/h3-8,15,28H,9-14H2,1-2H3. The number of aliphatic hydroxyl groups is 1. The molecule has 0 atom stereocenters. The van der Waals surface area contributed by atoms with E-state index in [-0.39, 0.29) is 11.8 Å². The van der Waals surface area contributed by atoms with E-state index in [1.165, 1.54) is 16.7 Å². The monoisotopic (exact) mass is 378 g/mol. The average molecular weight is 378 g/mol. The Morgan fingerprint density at radius 2 is 1.50 bits per heavy atom. The lowest BCUT2D eigenvalue weighted by molar-refractivity contribution is -0.143. The minimum atomic E-state index is -1.13. The maximum absolute atomic E-state index is 12.8. The van der Waals surface area contributed by atoms with Gasteiger partial charge in [0.05, 0.1) is 0 Å². The van der Waals surface area contributed by atoms with Crippen LogP contribution in [0.4, 0.5) is 0 Å². The van der Waals surface area contributed by atoms with Crippen LogP contribution in [0.5, 0.6) is 0 Å². The number of hydrogen-bond donors (Lipinski definition) is 1. The van der Waals surface area contributed by atoms with E-state index >= 15 is 0 Å². The average Bonchev–Trinajstić information content (AvgIpc) is 3.47. The van der Waals surface area contributed by atoms with Gasteiger partial charge in [-0.05, 0) is 55.5 Å². The van der Waals surface area contributed by atoms with Crippen LogP contribution in [0, 0.1) is 13.8 Å². The molecule has 28 heavy (non-hydrogen) atoms. The summed E-state index contributed by atoms with van der Waals surface area (Å²) in [5.41, 5.74) is 4.24. The summed E-state index contributed by atoms with van der Waals surface area (Å²) in [6.07, 6.45) is 1.11. The van der Waals surface area contributed by atoms with Gasteiger partial charge >= 0.3 is 0 Å². The van der Waals surface area contributed by atoms with Crippen LogP contribution in [0.1, 0.15) is 34.3 Å². The number of rotatable bonds is 3. The first-order valence-electron chi connectivity index (χ1n) is 9.86. The molecule has 1 saturated carbocycles. The first-order valence-corrected chi connectivity index (χ1v) is 9.86. The molecule has 1 saturated heterocycles. The molecule has 1 heterocycles. The summed E-state index contributed by atoms with van der Waals surface area (Å²) in [4.78, 5) is 28.5. The lowest BCUT2D eigenvalue weighted by Crippen LogP contribution is -2.53. The molecule has 2 fully saturated rings. The fourth-order valence-corrected chi connectivity index (χ4v) is 3.76. The molecule has 0 unspecified atom stereocenters. The first kappa shape index (κ1) is 18.7. The van der Waals surface area contributed by atoms with Crippen molar-refractivity contribution in [2.75, 3.05) is 26.2 Å². The third-order valence-electron chi connectivity index (χ3n) is 5.81. The molecule has 2 amide bonds. The summed E-state index contributed by atoms with van der Waals surface area (Å²) < 4.78 is 0. The molecule has 0 aromatic heterocycles. The smallest absolute Gasteiger partial charge is 0.254 e. The summed E-state index contributed by atoms with van der Waals surface area (Å²) in [7, 11) is 0. The number of benzene rings is 2. The highest BCUT2D eigenvalue weighted by molar-refractivity contribution is 5.95. The molecule has 0 bridgehead atoms. The number of amides is 2. The zero-order valence-electron chi connectivity index (χ0n) is 16.4. The van der Waals surface area contributed by atoms with Crippen LogP contribution in [0.25, 0.3) is 11.1 Å². The highest BCUT2D eigenvalue weighted by atomic mass is 16.3. The van der Waals surface area contributed by atoms with E-state index in [2.05, 4.69) is 32.0 Å². The Bertz CT molecular complexity index is 908. The van der Waals surface area contributed by atoms with Gasteiger partial charge in [0.1, 0.15) is 5.60 Å². The summed E-state index contributed by atoms with van der Waals surface area (Å²) in [5.74, 6) is -0.192. The maximum Gasteiger partial charge on any atom is 0.254 e. The van der Waals surface area contributed by atoms with Crippen LogP contribution in [0.2, 0.25) is 0 Å². The van der Waals surface area contributed by atoms with Gasteiger partial charge in [-0.3, -0.25) is 9.59 Å². The number of aryl methyl sites for hydroxylation is 2. The van der Waals surface area contributed by atoms with Gasteiger partial charge in [0.2, 0.25) is 0 Å². The van der Waals surface area contributed by atoms with E-state index < -0.39 is 5.60 Å². The van der Waals surface area contributed by atoms with Gasteiger partial charge in [-0.15, -0.1) is 0 Å². The predicted molar refractivity (Wildman–Crippen MR) is 108 cm³/mol. The number of carbonyl (C=O) groups excluding carboxylic acids is 2. The van der Waals surface area contributed by atoms with Crippen molar-refractivity contribution in [2.45, 2.75) is 32.3 Å². The van der Waals surface area contributed by atoms with Gasteiger partial charge in [0.25, 0.3) is 11.8 Å². The summed E-state index contributed by atoms with van der Waals surface area (Å²) in [6, 6.07) is 14.1. The Kier molecular flexibility index (Phi) is 4.71. The minimum absolute atomic E-state index is 0.00949. The zero-order chi connectivity index (χ0) is 19.9. The van der Waals surface area contributed by atoms with Crippen molar-refractivity contribution in [1.82, 2.24) is 9.80 Å². The van der Waals surface area contributed by atoms with Gasteiger partial charge < -0.3 is 14.9 Å². The molecule has 0 radical (unpaired) electrons. The molecular formula is C23H26N2O3. The largest absolute Gasteiger partial charge is 0.380 e. The van der Waals surface area contributed by atoms with E-state index in [1.807, 2.05) is 24.3 Å². The highest BCUT2D eigenvalue weighted by Crippen LogP contribution is 2.37. The van der Waals surface area contributed by atoms with Crippen molar-refractivity contribution in [3.63, 3.8) is 0 Å². The van der Waals surface area contributed by atoms with Gasteiger partial charge in [-0.2, -0.15) is 0 Å². The summed E-state index contributed by atoms with van der Waals surface area (Å²) >= 11 is 0. The van der Waals surface area contributed by atoms with Crippen molar-refractivity contribution in [3.05, 3.63) is 59.2 Å². The Morgan fingerprint density at radius 3 is 2.11 bits per heavy atom. The predicted octanol–water partition coefficient (Wildman–Crippen LogP) is 2.78. The van der Waals surface area contributed by atoms with Crippen LogP contribution in [-0.2, 0) is 4.79 Å². The summed E-state index contributed by atoms with van der Waals surface area (Å²) in [5, 5.41) is 9.99. The Balaban J connectivity index is 1.42. The van der Waals surface area contributed by atoms with Crippen molar-refractivity contribution in [2.24, 2.45) is 0 Å². The lowest BCUT2D eigenvalue weighted by Gasteiger charge is -2.35. The second-order valence-electron chi connectivity index (χ2n) is 8.01. The zero-order valence-corrected chi connectivity index (χ0v) is 16.4. The molecule has 2 aromatic rings. The molecule has 1 N–H and O–H groups in total. The molecule has 1 aliphatic heterocycles. The molecule has 5 nitrogen and oxygen atoms in total. The van der Waals surface area contributed by atoms with Crippen molar-refractivity contribution < 1.29 is 14.7 Å². The normalized spacial score (nSPS) is 18.1. The maximum atomic E-state index is 12.8. The van der Waals surface area contributed by atoms with Crippen molar-refractivity contribution >= 4 is 11.8 Å².